The Morgan fingerprint density at radius 3 is 2.65 bits per heavy atom. The molecule has 1 atom stereocenters. The molecule has 0 aromatic heterocycles. The van der Waals surface area contributed by atoms with E-state index in [1.165, 1.54) is 10.8 Å². The summed E-state index contributed by atoms with van der Waals surface area (Å²) in [6.07, 6.45) is 8.25. The van der Waals surface area contributed by atoms with Gasteiger partial charge in [0.05, 0.1) is 6.04 Å². The number of nitrogens with one attached hydrogen (secondary N) is 1. The molecule has 2 aromatic carbocycles. The molecule has 2 aromatic rings. The quantitative estimate of drug-likeness (QED) is 0.872. The van der Waals surface area contributed by atoms with Crippen LogP contribution in [0.5, 0.6) is 0 Å². The fourth-order valence-electron chi connectivity index (χ4n) is 2.57. The average Bonchev–Trinajstić information content (AvgIpc) is 2.53. The predicted octanol–water partition coefficient (Wildman–Crippen LogP) is 3.22. The summed E-state index contributed by atoms with van der Waals surface area (Å²) in [6, 6.07) is 14.9. The van der Waals surface area contributed by atoms with Gasteiger partial charge in [-0.1, -0.05) is 60.7 Å². The number of hydrogen-bond acceptors (Lipinski definition) is 2. The van der Waals surface area contributed by atoms with Gasteiger partial charge in [-0.15, -0.1) is 0 Å². The zero-order valence-electron chi connectivity index (χ0n) is 11.5. The second-order valence-corrected chi connectivity index (χ2v) is 4.94. The third kappa shape index (κ3) is 2.26. The molecule has 2 nitrogen and oxygen atoms in total. The maximum Gasteiger partial charge on any atom is 0.0527 e. The molecular formula is C18H18N2. The SMILES string of the molecule is CNC1C=CC=C/C1=C(/N)c1ccc2ccccc2c1. The zero-order chi connectivity index (χ0) is 13.9. The van der Waals surface area contributed by atoms with Gasteiger partial charge in [0.15, 0.2) is 0 Å². The summed E-state index contributed by atoms with van der Waals surface area (Å²) in [6.45, 7) is 0. The predicted molar refractivity (Wildman–Crippen MR) is 86.2 cm³/mol. The maximum absolute atomic E-state index is 6.38. The summed E-state index contributed by atoms with van der Waals surface area (Å²) in [5.74, 6) is 0. The van der Waals surface area contributed by atoms with Crippen LogP contribution in [0.15, 0.2) is 72.3 Å². The van der Waals surface area contributed by atoms with Crippen molar-refractivity contribution in [1.29, 1.82) is 0 Å². The lowest BCUT2D eigenvalue weighted by atomic mass is 9.95. The number of rotatable bonds is 2. The summed E-state index contributed by atoms with van der Waals surface area (Å²) in [7, 11) is 1.95. The summed E-state index contributed by atoms with van der Waals surface area (Å²) in [4.78, 5) is 0. The monoisotopic (exact) mass is 262 g/mol. The van der Waals surface area contributed by atoms with Crippen LogP contribution in [0, 0.1) is 0 Å². The highest BCUT2D eigenvalue weighted by Gasteiger charge is 2.13. The van der Waals surface area contributed by atoms with Crippen LogP contribution >= 0.6 is 0 Å². The van der Waals surface area contributed by atoms with Crippen molar-refractivity contribution in [3.05, 3.63) is 77.9 Å². The third-order valence-electron chi connectivity index (χ3n) is 3.71. The van der Waals surface area contributed by atoms with E-state index in [-0.39, 0.29) is 6.04 Å². The van der Waals surface area contributed by atoms with Crippen molar-refractivity contribution < 1.29 is 0 Å². The van der Waals surface area contributed by atoms with E-state index < -0.39 is 0 Å². The van der Waals surface area contributed by atoms with E-state index in [0.29, 0.717) is 0 Å². The molecular weight excluding hydrogens is 244 g/mol. The van der Waals surface area contributed by atoms with Crippen molar-refractivity contribution in [3.63, 3.8) is 0 Å². The topological polar surface area (TPSA) is 38.0 Å². The first-order valence-corrected chi connectivity index (χ1v) is 6.80. The van der Waals surface area contributed by atoms with Crippen molar-refractivity contribution in [3.8, 4) is 0 Å². The Hall–Kier alpha value is -2.32. The first-order chi connectivity index (χ1) is 9.79. The molecule has 0 saturated heterocycles. The Balaban J connectivity index is 2.09. The molecule has 3 N–H and O–H groups in total. The Morgan fingerprint density at radius 2 is 1.85 bits per heavy atom. The number of nitrogens with two attached hydrogens (primary N) is 1. The highest BCUT2D eigenvalue weighted by atomic mass is 14.9. The molecule has 0 heterocycles. The second-order valence-electron chi connectivity index (χ2n) is 4.94. The van der Waals surface area contributed by atoms with Crippen molar-refractivity contribution >= 4 is 16.5 Å². The smallest absolute Gasteiger partial charge is 0.0527 e. The largest absolute Gasteiger partial charge is 0.398 e. The third-order valence-corrected chi connectivity index (χ3v) is 3.71. The lowest BCUT2D eigenvalue weighted by molar-refractivity contribution is 0.762. The maximum atomic E-state index is 6.38. The van der Waals surface area contributed by atoms with Gasteiger partial charge in [-0.25, -0.2) is 0 Å². The van der Waals surface area contributed by atoms with Gasteiger partial charge < -0.3 is 11.1 Å². The van der Waals surface area contributed by atoms with Crippen molar-refractivity contribution in [2.45, 2.75) is 6.04 Å². The summed E-state index contributed by atoms with van der Waals surface area (Å²) in [5.41, 5.74) is 9.39. The van der Waals surface area contributed by atoms with Crippen LogP contribution in [-0.2, 0) is 0 Å². The van der Waals surface area contributed by atoms with Gasteiger partial charge in [0.1, 0.15) is 0 Å². The standard InChI is InChI=1S/C18H18N2/c1-20-17-9-5-4-8-16(17)18(19)15-11-10-13-6-2-3-7-14(13)12-15/h2-12,17,20H,19H2,1H3/b18-16-. The molecule has 0 bridgehead atoms. The van der Waals surface area contributed by atoms with Gasteiger partial charge in [-0.2, -0.15) is 0 Å². The lowest BCUT2D eigenvalue weighted by Crippen LogP contribution is -2.27. The van der Waals surface area contributed by atoms with Crippen LogP contribution in [-0.4, -0.2) is 13.1 Å². The fourth-order valence-corrected chi connectivity index (χ4v) is 2.57. The van der Waals surface area contributed by atoms with E-state index in [9.17, 15) is 0 Å². The molecule has 100 valence electrons. The summed E-state index contributed by atoms with van der Waals surface area (Å²) < 4.78 is 0. The zero-order valence-corrected chi connectivity index (χ0v) is 11.5. The van der Waals surface area contributed by atoms with E-state index >= 15 is 0 Å². The van der Waals surface area contributed by atoms with Crippen LogP contribution in [0.4, 0.5) is 0 Å². The summed E-state index contributed by atoms with van der Waals surface area (Å²) >= 11 is 0. The minimum Gasteiger partial charge on any atom is -0.398 e. The molecule has 1 aliphatic carbocycles. The van der Waals surface area contributed by atoms with Gasteiger partial charge in [0.2, 0.25) is 0 Å². The molecule has 0 saturated carbocycles. The normalized spacial score (nSPS) is 20.4. The number of allylic oxidation sites excluding steroid dienone is 2. The van der Waals surface area contributed by atoms with Crippen LogP contribution < -0.4 is 11.1 Å². The lowest BCUT2D eigenvalue weighted by Gasteiger charge is -2.19. The molecule has 1 unspecified atom stereocenters. The van der Waals surface area contributed by atoms with Gasteiger partial charge in [0.25, 0.3) is 0 Å². The molecule has 2 heteroatoms. The number of benzene rings is 2. The minimum absolute atomic E-state index is 0.173. The van der Waals surface area contributed by atoms with Crippen LogP contribution in [0.1, 0.15) is 5.56 Å². The van der Waals surface area contributed by atoms with E-state index in [1.54, 1.807) is 0 Å². The molecule has 3 rings (SSSR count). The fraction of sp³-hybridized carbons (Fsp3) is 0.111. The van der Waals surface area contributed by atoms with E-state index in [0.717, 1.165) is 16.8 Å². The number of likely N-dealkylation sites (N-methyl/N-ethyl adjacent to an activating group) is 1. The summed E-state index contributed by atoms with van der Waals surface area (Å²) in [5, 5.41) is 5.71. The Labute approximate surface area is 119 Å². The Kier molecular flexibility index (Phi) is 3.40. The Bertz CT molecular complexity index is 723. The molecule has 0 amide bonds. The minimum atomic E-state index is 0.173. The van der Waals surface area contributed by atoms with E-state index in [4.69, 9.17) is 5.73 Å². The van der Waals surface area contributed by atoms with Gasteiger partial charge in [-0.3, -0.25) is 0 Å². The first-order valence-electron chi connectivity index (χ1n) is 6.80. The number of fused-ring (bicyclic) bond motifs is 1. The average molecular weight is 262 g/mol. The van der Waals surface area contributed by atoms with Crippen molar-refractivity contribution in [2.75, 3.05) is 7.05 Å². The molecule has 0 spiro atoms. The van der Waals surface area contributed by atoms with Crippen molar-refractivity contribution in [2.24, 2.45) is 5.73 Å². The molecule has 1 aliphatic rings. The molecule has 0 fully saturated rings. The van der Waals surface area contributed by atoms with Crippen LogP contribution in [0.2, 0.25) is 0 Å². The van der Waals surface area contributed by atoms with Crippen LogP contribution in [0.25, 0.3) is 16.5 Å². The van der Waals surface area contributed by atoms with Gasteiger partial charge in [-0.05, 0) is 35.0 Å². The van der Waals surface area contributed by atoms with Gasteiger partial charge in [0, 0.05) is 5.70 Å². The van der Waals surface area contributed by atoms with Crippen LogP contribution in [0.3, 0.4) is 0 Å². The highest BCUT2D eigenvalue weighted by Crippen LogP contribution is 2.24. The van der Waals surface area contributed by atoms with E-state index in [1.807, 2.05) is 19.2 Å². The molecule has 20 heavy (non-hydrogen) atoms. The molecule has 0 aliphatic heterocycles. The number of hydrogen-bond donors (Lipinski definition) is 2. The second kappa shape index (κ2) is 5.35. The van der Waals surface area contributed by atoms with E-state index in [2.05, 4.69) is 59.9 Å². The highest BCUT2D eigenvalue weighted by molar-refractivity contribution is 5.86. The Morgan fingerprint density at radius 1 is 1.05 bits per heavy atom. The van der Waals surface area contributed by atoms with Crippen molar-refractivity contribution in [1.82, 2.24) is 5.32 Å². The first kappa shape index (κ1) is 12.7. The van der Waals surface area contributed by atoms with Gasteiger partial charge >= 0.3 is 0 Å². The molecule has 0 radical (unpaired) electrons.